The highest BCUT2D eigenvalue weighted by Gasteiger charge is 2.17. The molecule has 1 heterocycles. The van der Waals surface area contributed by atoms with E-state index < -0.39 is 0 Å². The molecule has 0 saturated heterocycles. The number of nitrogens with zero attached hydrogens (tertiary/aromatic N) is 1. The Morgan fingerprint density at radius 1 is 1.30 bits per heavy atom. The van der Waals surface area contributed by atoms with Crippen molar-refractivity contribution >= 4 is 28.3 Å². The average Bonchev–Trinajstić information content (AvgIpc) is 2.77. The van der Waals surface area contributed by atoms with E-state index in [0.717, 1.165) is 23.9 Å². The van der Waals surface area contributed by atoms with Gasteiger partial charge in [0.1, 0.15) is 10.6 Å². The molecule has 0 aromatic carbocycles. The summed E-state index contributed by atoms with van der Waals surface area (Å²) < 4.78 is 4.03. The van der Waals surface area contributed by atoms with E-state index in [2.05, 4.69) is 28.9 Å². The van der Waals surface area contributed by atoms with Crippen LogP contribution in [0.3, 0.4) is 0 Å². The Bertz CT molecular complexity index is 417. The van der Waals surface area contributed by atoms with E-state index in [0.29, 0.717) is 11.4 Å². The van der Waals surface area contributed by atoms with E-state index in [1.54, 1.807) is 7.05 Å². The molecule has 0 radical (unpaired) electrons. The molecule has 4 N–H and O–H groups in total. The van der Waals surface area contributed by atoms with Gasteiger partial charge in [0.2, 0.25) is 0 Å². The van der Waals surface area contributed by atoms with Crippen molar-refractivity contribution in [1.29, 1.82) is 0 Å². The van der Waals surface area contributed by atoms with Crippen molar-refractivity contribution in [3.8, 4) is 0 Å². The van der Waals surface area contributed by atoms with Crippen molar-refractivity contribution in [2.24, 2.45) is 5.92 Å². The lowest BCUT2D eigenvalue weighted by molar-refractivity contribution is 0.0965. The van der Waals surface area contributed by atoms with Gasteiger partial charge in [0.15, 0.2) is 5.82 Å². The summed E-state index contributed by atoms with van der Waals surface area (Å²) in [6.45, 7) is 5.37. The molecule has 114 valence electrons. The van der Waals surface area contributed by atoms with Crippen molar-refractivity contribution in [1.82, 2.24) is 9.69 Å². The Morgan fingerprint density at radius 2 is 2.00 bits per heavy atom. The van der Waals surface area contributed by atoms with Crippen LogP contribution in [0.1, 0.15) is 56.3 Å². The third-order valence-electron chi connectivity index (χ3n) is 3.17. The van der Waals surface area contributed by atoms with Crippen LogP contribution in [0.15, 0.2) is 0 Å². The summed E-state index contributed by atoms with van der Waals surface area (Å²) in [7, 11) is 1.60. The zero-order valence-corrected chi connectivity index (χ0v) is 13.5. The van der Waals surface area contributed by atoms with Gasteiger partial charge in [-0.2, -0.15) is 4.37 Å². The van der Waals surface area contributed by atoms with Crippen molar-refractivity contribution in [2.45, 2.75) is 46.0 Å². The first-order chi connectivity index (χ1) is 9.56. The van der Waals surface area contributed by atoms with Gasteiger partial charge < -0.3 is 16.4 Å². The monoisotopic (exact) mass is 298 g/mol. The highest BCUT2D eigenvalue weighted by Crippen LogP contribution is 2.26. The van der Waals surface area contributed by atoms with Gasteiger partial charge in [-0.05, 0) is 23.9 Å². The van der Waals surface area contributed by atoms with E-state index in [1.807, 2.05) is 0 Å². The number of nitrogens with two attached hydrogens (primary N) is 1. The van der Waals surface area contributed by atoms with E-state index in [9.17, 15) is 4.79 Å². The summed E-state index contributed by atoms with van der Waals surface area (Å²) in [5, 5.41) is 6.62. The topological polar surface area (TPSA) is 80.0 Å². The van der Waals surface area contributed by atoms with Gasteiger partial charge in [0, 0.05) is 13.6 Å². The van der Waals surface area contributed by atoms with Gasteiger partial charge in [-0.15, -0.1) is 0 Å². The third kappa shape index (κ3) is 5.36. The molecule has 0 bridgehead atoms. The molecule has 0 saturated carbocycles. The molecule has 0 fully saturated rings. The zero-order chi connectivity index (χ0) is 15.0. The fourth-order valence-electron chi connectivity index (χ4n) is 2.00. The Kier molecular flexibility index (Phi) is 7.36. The molecule has 20 heavy (non-hydrogen) atoms. The first-order valence-electron chi connectivity index (χ1n) is 7.27. The molecule has 1 aromatic heterocycles. The van der Waals surface area contributed by atoms with E-state index >= 15 is 0 Å². The first kappa shape index (κ1) is 16.8. The molecule has 1 rings (SSSR count). The Labute approximate surface area is 125 Å². The van der Waals surface area contributed by atoms with Gasteiger partial charge in [-0.25, -0.2) is 0 Å². The minimum Gasteiger partial charge on any atom is -0.382 e. The maximum absolute atomic E-state index is 11.7. The average molecular weight is 298 g/mol. The second-order valence-electron chi connectivity index (χ2n) is 5.37. The quantitative estimate of drug-likeness (QED) is 0.612. The standard InChI is InChI=1S/C14H26N4OS/c1-10(2)8-6-4-5-7-9-17-14-11(13(19)16-3)12(15)18-20-14/h10,17H,4-9H2,1-3H3,(H2,15,18)(H,16,19). The molecular formula is C14H26N4OS. The number of nitrogen functional groups attached to an aromatic ring is 1. The SMILES string of the molecule is CNC(=O)c1c(N)nsc1NCCCCCCC(C)C. The van der Waals surface area contributed by atoms with Gasteiger partial charge in [-0.3, -0.25) is 4.79 Å². The van der Waals surface area contributed by atoms with Crippen LogP contribution < -0.4 is 16.4 Å². The predicted molar refractivity (Wildman–Crippen MR) is 86.3 cm³/mol. The number of nitrogens with one attached hydrogen (secondary N) is 2. The van der Waals surface area contributed by atoms with E-state index in [4.69, 9.17) is 5.73 Å². The molecule has 0 atom stereocenters. The molecule has 1 aromatic rings. The lowest BCUT2D eigenvalue weighted by atomic mass is 10.0. The zero-order valence-electron chi connectivity index (χ0n) is 12.7. The minimum absolute atomic E-state index is 0.185. The summed E-state index contributed by atoms with van der Waals surface area (Å²) in [5.74, 6) is 0.910. The maximum atomic E-state index is 11.7. The highest BCUT2D eigenvalue weighted by molar-refractivity contribution is 7.11. The maximum Gasteiger partial charge on any atom is 0.257 e. The number of rotatable bonds is 9. The smallest absolute Gasteiger partial charge is 0.257 e. The highest BCUT2D eigenvalue weighted by atomic mass is 32.1. The Balaban J connectivity index is 2.27. The van der Waals surface area contributed by atoms with Gasteiger partial charge >= 0.3 is 0 Å². The number of unbranched alkanes of at least 4 members (excludes halogenated alkanes) is 3. The molecule has 0 unspecified atom stereocenters. The van der Waals surface area contributed by atoms with Crippen LogP contribution in [-0.2, 0) is 0 Å². The fraction of sp³-hybridized carbons (Fsp3) is 0.714. The molecular weight excluding hydrogens is 272 g/mol. The normalized spacial score (nSPS) is 10.8. The Hall–Kier alpha value is -1.30. The van der Waals surface area contributed by atoms with Crippen LogP contribution in [0.25, 0.3) is 0 Å². The summed E-state index contributed by atoms with van der Waals surface area (Å²) in [6, 6.07) is 0. The van der Waals surface area contributed by atoms with E-state index in [-0.39, 0.29) is 5.91 Å². The number of anilines is 2. The minimum atomic E-state index is -0.185. The number of amides is 1. The van der Waals surface area contributed by atoms with Gasteiger partial charge in [0.05, 0.1) is 0 Å². The van der Waals surface area contributed by atoms with Gasteiger partial charge in [0.25, 0.3) is 5.91 Å². The van der Waals surface area contributed by atoms with Crippen LogP contribution in [0, 0.1) is 5.92 Å². The second-order valence-corrected chi connectivity index (χ2v) is 6.15. The van der Waals surface area contributed by atoms with Gasteiger partial charge in [-0.1, -0.05) is 39.5 Å². The summed E-state index contributed by atoms with van der Waals surface area (Å²) in [5.41, 5.74) is 6.18. The molecule has 1 amide bonds. The summed E-state index contributed by atoms with van der Waals surface area (Å²) in [4.78, 5) is 11.7. The largest absolute Gasteiger partial charge is 0.382 e. The van der Waals surface area contributed by atoms with E-state index in [1.165, 1.54) is 37.2 Å². The lowest BCUT2D eigenvalue weighted by Gasteiger charge is -2.07. The molecule has 0 aliphatic heterocycles. The molecule has 0 aliphatic carbocycles. The second kappa shape index (κ2) is 8.79. The van der Waals surface area contributed by atoms with Crippen molar-refractivity contribution in [3.63, 3.8) is 0 Å². The third-order valence-corrected chi connectivity index (χ3v) is 3.99. The fourth-order valence-corrected chi connectivity index (χ4v) is 2.74. The van der Waals surface area contributed by atoms with Crippen molar-refractivity contribution in [2.75, 3.05) is 24.6 Å². The van der Waals surface area contributed by atoms with Crippen LogP contribution in [-0.4, -0.2) is 23.9 Å². The summed E-state index contributed by atoms with van der Waals surface area (Å²) >= 11 is 1.25. The van der Waals surface area contributed by atoms with Crippen molar-refractivity contribution < 1.29 is 4.79 Å². The molecule has 0 aliphatic rings. The van der Waals surface area contributed by atoms with Crippen molar-refractivity contribution in [3.05, 3.63) is 5.56 Å². The van der Waals surface area contributed by atoms with Crippen LogP contribution in [0.5, 0.6) is 0 Å². The first-order valence-corrected chi connectivity index (χ1v) is 8.04. The molecule has 5 nitrogen and oxygen atoms in total. The number of hydrogen-bond acceptors (Lipinski definition) is 5. The molecule has 0 spiro atoms. The van der Waals surface area contributed by atoms with Crippen LogP contribution >= 0.6 is 11.5 Å². The van der Waals surface area contributed by atoms with Crippen LogP contribution in [0.2, 0.25) is 0 Å². The number of aromatic nitrogens is 1. The number of carbonyl (C=O) groups excluding carboxylic acids is 1. The predicted octanol–water partition coefficient (Wildman–Crippen LogP) is 3.10. The van der Waals surface area contributed by atoms with Crippen LogP contribution in [0.4, 0.5) is 10.8 Å². The summed E-state index contributed by atoms with van der Waals surface area (Å²) in [6.07, 6.45) is 6.19. The molecule has 6 heteroatoms. The lowest BCUT2D eigenvalue weighted by Crippen LogP contribution is -2.20. The number of carbonyl (C=O) groups is 1. The Morgan fingerprint density at radius 3 is 2.65 bits per heavy atom. The number of hydrogen-bond donors (Lipinski definition) is 3.